The van der Waals surface area contributed by atoms with Gasteiger partial charge in [0, 0.05) is 18.5 Å². The molecule has 3 rings (SSSR count). The quantitative estimate of drug-likeness (QED) is 0.444. The van der Waals surface area contributed by atoms with Gasteiger partial charge in [0.1, 0.15) is 12.4 Å². The Hall–Kier alpha value is -3.02. The van der Waals surface area contributed by atoms with Crippen LogP contribution in [0.1, 0.15) is 51.9 Å². The van der Waals surface area contributed by atoms with Gasteiger partial charge in [-0.2, -0.15) is 0 Å². The van der Waals surface area contributed by atoms with Crippen LogP contribution in [0.25, 0.3) is 11.0 Å². The lowest BCUT2D eigenvalue weighted by Gasteiger charge is -2.34. The molecule has 0 spiro atoms. The van der Waals surface area contributed by atoms with Crippen LogP contribution in [0.5, 0.6) is 11.5 Å². The molecule has 2 atom stereocenters. The molecular weight excluding hydrogens is 402 g/mol. The summed E-state index contributed by atoms with van der Waals surface area (Å²) in [6, 6.07) is 14.3. The molecule has 0 bridgehead atoms. The van der Waals surface area contributed by atoms with Crippen molar-refractivity contribution in [3.05, 3.63) is 53.9 Å². The van der Waals surface area contributed by atoms with Gasteiger partial charge in [-0.1, -0.05) is 32.0 Å². The summed E-state index contributed by atoms with van der Waals surface area (Å²) in [6.07, 6.45) is 2.45. The Morgan fingerprint density at radius 3 is 2.28 bits per heavy atom. The highest BCUT2D eigenvalue weighted by Gasteiger charge is 2.25. The van der Waals surface area contributed by atoms with Gasteiger partial charge in [0.15, 0.2) is 11.5 Å². The van der Waals surface area contributed by atoms with E-state index in [0.717, 1.165) is 35.3 Å². The molecule has 0 aliphatic rings. The summed E-state index contributed by atoms with van der Waals surface area (Å²) in [5, 5.41) is 0. The number of amides is 1. The van der Waals surface area contributed by atoms with E-state index in [0.29, 0.717) is 17.9 Å². The fourth-order valence-corrected chi connectivity index (χ4v) is 4.15. The first-order chi connectivity index (χ1) is 15.4. The molecular formula is C26H35N3O3. The summed E-state index contributed by atoms with van der Waals surface area (Å²) in [5.74, 6) is 2.37. The molecule has 0 saturated carbocycles. The molecule has 0 aliphatic carbocycles. The number of para-hydroxylation sites is 2. The van der Waals surface area contributed by atoms with Crippen LogP contribution in [0.15, 0.2) is 42.5 Å². The van der Waals surface area contributed by atoms with E-state index in [9.17, 15) is 4.79 Å². The monoisotopic (exact) mass is 437 g/mol. The molecule has 0 saturated heterocycles. The maximum Gasteiger partial charge on any atom is 0.243 e. The average molecular weight is 438 g/mol. The van der Waals surface area contributed by atoms with E-state index in [2.05, 4.69) is 32.3 Å². The lowest BCUT2D eigenvalue weighted by Crippen LogP contribution is -2.45. The van der Waals surface area contributed by atoms with Crippen LogP contribution in [0.4, 0.5) is 0 Å². The SMILES string of the molecule is CCC(C)N(C(=O)Cn1c(Cc2ccc(OC)c(OC)c2)nc2ccccc21)C(C)CC. The summed E-state index contributed by atoms with van der Waals surface area (Å²) >= 11 is 0. The lowest BCUT2D eigenvalue weighted by molar-refractivity contribution is -0.136. The van der Waals surface area contributed by atoms with Gasteiger partial charge in [-0.3, -0.25) is 4.79 Å². The van der Waals surface area contributed by atoms with Crippen LogP contribution in [-0.2, 0) is 17.8 Å². The molecule has 1 amide bonds. The summed E-state index contributed by atoms with van der Waals surface area (Å²) in [5.41, 5.74) is 2.92. The molecule has 0 fully saturated rings. The smallest absolute Gasteiger partial charge is 0.243 e. The summed E-state index contributed by atoms with van der Waals surface area (Å²) < 4.78 is 12.9. The second kappa shape index (κ2) is 10.5. The van der Waals surface area contributed by atoms with E-state index in [-0.39, 0.29) is 24.5 Å². The van der Waals surface area contributed by atoms with E-state index in [1.165, 1.54) is 0 Å². The average Bonchev–Trinajstić information content (AvgIpc) is 3.15. The van der Waals surface area contributed by atoms with Crippen molar-refractivity contribution in [2.24, 2.45) is 0 Å². The van der Waals surface area contributed by atoms with Crippen molar-refractivity contribution < 1.29 is 14.3 Å². The molecule has 1 aromatic heterocycles. The molecule has 2 unspecified atom stereocenters. The number of methoxy groups -OCH3 is 2. The van der Waals surface area contributed by atoms with Gasteiger partial charge in [0.2, 0.25) is 5.91 Å². The Bertz CT molecular complexity index is 1050. The molecule has 3 aromatic rings. The number of hydrogen-bond acceptors (Lipinski definition) is 4. The third-order valence-corrected chi connectivity index (χ3v) is 6.26. The maximum absolute atomic E-state index is 13.5. The number of carbonyl (C=O) groups excluding carboxylic acids is 1. The number of aromatic nitrogens is 2. The van der Waals surface area contributed by atoms with E-state index in [4.69, 9.17) is 14.5 Å². The molecule has 6 nitrogen and oxygen atoms in total. The van der Waals surface area contributed by atoms with Crippen LogP contribution >= 0.6 is 0 Å². The van der Waals surface area contributed by atoms with Crippen LogP contribution in [0, 0.1) is 0 Å². The normalized spacial score (nSPS) is 13.1. The first-order valence-corrected chi connectivity index (χ1v) is 11.4. The van der Waals surface area contributed by atoms with Crippen LogP contribution in [0.2, 0.25) is 0 Å². The minimum atomic E-state index is 0.130. The number of carbonyl (C=O) groups is 1. The molecule has 0 aliphatic heterocycles. The lowest BCUT2D eigenvalue weighted by atomic mass is 10.1. The van der Waals surface area contributed by atoms with Crippen LogP contribution in [-0.4, -0.2) is 46.7 Å². The van der Waals surface area contributed by atoms with E-state index >= 15 is 0 Å². The van der Waals surface area contributed by atoms with Crippen molar-refractivity contribution in [3.63, 3.8) is 0 Å². The van der Waals surface area contributed by atoms with Gasteiger partial charge in [0.25, 0.3) is 0 Å². The number of hydrogen-bond donors (Lipinski definition) is 0. The van der Waals surface area contributed by atoms with E-state index in [1.807, 2.05) is 47.4 Å². The largest absolute Gasteiger partial charge is 0.493 e. The van der Waals surface area contributed by atoms with Gasteiger partial charge in [-0.25, -0.2) is 4.98 Å². The Morgan fingerprint density at radius 1 is 1.00 bits per heavy atom. The molecule has 1 heterocycles. The Balaban J connectivity index is 1.98. The molecule has 2 aromatic carbocycles. The molecule has 0 N–H and O–H groups in total. The number of nitrogens with zero attached hydrogens (tertiary/aromatic N) is 3. The van der Waals surface area contributed by atoms with Crippen LogP contribution < -0.4 is 9.47 Å². The second-order valence-corrected chi connectivity index (χ2v) is 8.28. The Morgan fingerprint density at radius 2 is 1.66 bits per heavy atom. The molecule has 0 radical (unpaired) electrons. The second-order valence-electron chi connectivity index (χ2n) is 8.28. The minimum Gasteiger partial charge on any atom is -0.493 e. The number of rotatable bonds is 10. The van der Waals surface area contributed by atoms with Crippen molar-refractivity contribution >= 4 is 16.9 Å². The number of benzene rings is 2. The van der Waals surface area contributed by atoms with Crippen LogP contribution in [0.3, 0.4) is 0 Å². The Labute approximate surface area is 191 Å². The maximum atomic E-state index is 13.5. The Kier molecular flexibility index (Phi) is 7.78. The van der Waals surface area contributed by atoms with Crippen molar-refractivity contribution in [1.29, 1.82) is 0 Å². The number of ether oxygens (including phenoxy) is 2. The van der Waals surface area contributed by atoms with Gasteiger partial charge in [0.05, 0.1) is 25.3 Å². The minimum absolute atomic E-state index is 0.130. The fraction of sp³-hybridized carbons (Fsp3) is 0.462. The first kappa shape index (κ1) is 23.6. The van der Waals surface area contributed by atoms with Gasteiger partial charge < -0.3 is 18.9 Å². The number of fused-ring (bicyclic) bond motifs is 1. The van der Waals surface area contributed by atoms with Crippen molar-refractivity contribution in [2.45, 2.75) is 65.6 Å². The van der Waals surface area contributed by atoms with Crippen molar-refractivity contribution in [3.8, 4) is 11.5 Å². The zero-order valence-corrected chi connectivity index (χ0v) is 20.1. The highest BCUT2D eigenvalue weighted by molar-refractivity contribution is 5.81. The highest BCUT2D eigenvalue weighted by Crippen LogP contribution is 2.29. The zero-order valence-electron chi connectivity index (χ0n) is 20.1. The first-order valence-electron chi connectivity index (χ1n) is 11.4. The van der Waals surface area contributed by atoms with E-state index < -0.39 is 0 Å². The van der Waals surface area contributed by atoms with Gasteiger partial charge >= 0.3 is 0 Å². The fourth-order valence-electron chi connectivity index (χ4n) is 4.15. The standard InChI is InChI=1S/C26H35N3O3/c1-7-18(3)29(19(4)8-2)26(30)17-28-22-12-10-9-11-21(22)27-25(28)16-20-13-14-23(31-5)24(15-20)32-6/h9-15,18-19H,7-8,16-17H2,1-6H3. The summed E-state index contributed by atoms with van der Waals surface area (Å²) in [7, 11) is 3.26. The topological polar surface area (TPSA) is 56.6 Å². The zero-order chi connectivity index (χ0) is 23.3. The molecule has 172 valence electrons. The third kappa shape index (κ3) is 4.90. The predicted molar refractivity (Wildman–Crippen MR) is 128 cm³/mol. The molecule has 32 heavy (non-hydrogen) atoms. The third-order valence-electron chi connectivity index (χ3n) is 6.26. The number of imidazole rings is 1. The van der Waals surface area contributed by atoms with Crippen molar-refractivity contribution in [2.75, 3.05) is 14.2 Å². The van der Waals surface area contributed by atoms with Gasteiger partial charge in [-0.05, 0) is 56.5 Å². The summed E-state index contributed by atoms with van der Waals surface area (Å²) in [6.45, 7) is 8.78. The summed E-state index contributed by atoms with van der Waals surface area (Å²) in [4.78, 5) is 20.4. The predicted octanol–water partition coefficient (Wildman–Crippen LogP) is 5.07. The van der Waals surface area contributed by atoms with Crippen molar-refractivity contribution in [1.82, 2.24) is 14.5 Å². The molecule has 6 heteroatoms. The van der Waals surface area contributed by atoms with E-state index in [1.54, 1.807) is 14.2 Å². The highest BCUT2D eigenvalue weighted by atomic mass is 16.5. The van der Waals surface area contributed by atoms with Gasteiger partial charge in [-0.15, -0.1) is 0 Å².